The molecule has 2 rings (SSSR count). The molecule has 0 aromatic carbocycles. The first-order valence-electron chi connectivity index (χ1n) is 6.17. The SMILES string of the molecule is CNC1CCCCN1C(C)c1ccccn1.Cl. The van der Waals surface area contributed by atoms with Crippen LogP contribution in [0.5, 0.6) is 0 Å². The van der Waals surface area contributed by atoms with Gasteiger partial charge in [-0.1, -0.05) is 6.07 Å². The van der Waals surface area contributed by atoms with Crippen LogP contribution in [-0.4, -0.2) is 29.6 Å². The summed E-state index contributed by atoms with van der Waals surface area (Å²) < 4.78 is 0. The minimum Gasteiger partial charge on any atom is -0.305 e. The number of nitrogens with one attached hydrogen (secondary N) is 1. The van der Waals surface area contributed by atoms with E-state index < -0.39 is 0 Å². The van der Waals surface area contributed by atoms with Crippen LogP contribution in [0.15, 0.2) is 24.4 Å². The number of piperidine rings is 1. The zero-order valence-electron chi connectivity index (χ0n) is 10.6. The van der Waals surface area contributed by atoms with Crippen LogP contribution in [0.1, 0.15) is 37.9 Å². The van der Waals surface area contributed by atoms with Gasteiger partial charge in [-0.15, -0.1) is 12.4 Å². The van der Waals surface area contributed by atoms with Crippen molar-refractivity contribution < 1.29 is 0 Å². The maximum Gasteiger partial charge on any atom is 0.0600 e. The Morgan fingerprint density at radius 3 is 2.88 bits per heavy atom. The van der Waals surface area contributed by atoms with Crippen molar-refractivity contribution in [1.82, 2.24) is 15.2 Å². The Morgan fingerprint density at radius 1 is 1.41 bits per heavy atom. The van der Waals surface area contributed by atoms with Gasteiger partial charge in [0, 0.05) is 12.7 Å². The highest BCUT2D eigenvalue weighted by atomic mass is 35.5. The van der Waals surface area contributed by atoms with Crippen LogP contribution in [0.25, 0.3) is 0 Å². The molecule has 0 saturated carbocycles. The van der Waals surface area contributed by atoms with Crippen LogP contribution in [-0.2, 0) is 0 Å². The molecule has 2 heterocycles. The fraction of sp³-hybridized carbons (Fsp3) is 0.615. The van der Waals surface area contributed by atoms with Gasteiger partial charge in [0.25, 0.3) is 0 Å². The third kappa shape index (κ3) is 3.41. The smallest absolute Gasteiger partial charge is 0.0600 e. The van der Waals surface area contributed by atoms with E-state index in [-0.39, 0.29) is 12.4 Å². The molecule has 1 fully saturated rings. The molecule has 2 unspecified atom stereocenters. The lowest BCUT2D eigenvalue weighted by Crippen LogP contribution is -2.48. The van der Waals surface area contributed by atoms with E-state index in [0.717, 1.165) is 0 Å². The highest BCUT2D eigenvalue weighted by Crippen LogP contribution is 2.25. The highest BCUT2D eigenvalue weighted by molar-refractivity contribution is 5.85. The summed E-state index contributed by atoms with van der Waals surface area (Å²) in [6, 6.07) is 6.56. The lowest BCUT2D eigenvalue weighted by Gasteiger charge is -2.39. The summed E-state index contributed by atoms with van der Waals surface area (Å²) in [5, 5.41) is 3.40. The first kappa shape index (κ1) is 14.4. The molecule has 1 aromatic rings. The number of hydrogen-bond acceptors (Lipinski definition) is 3. The van der Waals surface area contributed by atoms with Gasteiger partial charge in [-0.25, -0.2) is 0 Å². The predicted octanol–water partition coefficient (Wildman–Crippen LogP) is 2.60. The van der Waals surface area contributed by atoms with Crippen molar-refractivity contribution in [2.24, 2.45) is 0 Å². The van der Waals surface area contributed by atoms with Gasteiger partial charge in [0.1, 0.15) is 0 Å². The van der Waals surface area contributed by atoms with E-state index in [2.05, 4.69) is 34.3 Å². The second kappa shape index (κ2) is 6.94. The molecule has 0 radical (unpaired) electrons. The topological polar surface area (TPSA) is 28.2 Å². The summed E-state index contributed by atoms with van der Waals surface area (Å²) in [7, 11) is 2.05. The first-order chi connectivity index (χ1) is 7.83. The largest absolute Gasteiger partial charge is 0.305 e. The third-order valence-corrected chi connectivity index (χ3v) is 3.49. The predicted molar refractivity (Wildman–Crippen MR) is 73.3 cm³/mol. The molecule has 1 aliphatic rings. The van der Waals surface area contributed by atoms with E-state index >= 15 is 0 Å². The van der Waals surface area contributed by atoms with E-state index in [0.29, 0.717) is 12.2 Å². The van der Waals surface area contributed by atoms with Crippen LogP contribution < -0.4 is 5.32 Å². The fourth-order valence-corrected chi connectivity index (χ4v) is 2.52. The van der Waals surface area contributed by atoms with Gasteiger partial charge in [0.2, 0.25) is 0 Å². The lowest BCUT2D eigenvalue weighted by molar-refractivity contribution is 0.0837. The minimum absolute atomic E-state index is 0. The number of aromatic nitrogens is 1. The summed E-state index contributed by atoms with van der Waals surface area (Å²) in [4.78, 5) is 6.97. The van der Waals surface area contributed by atoms with Crippen molar-refractivity contribution in [3.05, 3.63) is 30.1 Å². The Morgan fingerprint density at radius 2 is 2.24 bits per heavy atom. The Hall–Kier alpha value is -0.640. The number of pyridine rings is 1. The van der Waals surface area contributed by atoms with Crippen LogP contribution in [0.4, 0.5) is 0 Å². The van der Waals surface area contributed by atoms with E-state index in [9.17, 15) is 0 Å². The Labute approximate surface area is 110 Å². The van der Waals surface area contributed by atoms with Crippen molar-refractivity contribution in [3.8, 4) is 0 Å². The quantitative estimate of drug-likeness (QED) is 0.900. The Balaban J connectivity index is 0.00000144. The molecule has 0 aliphatic carbocycles. The van der Waals surface area contributed by atoms with Crippen molar-refractivity contribution in [3.63, 3.8) is 0 Å². The normalized spacial score (nSPS) is 22.8. The molecule has 17 heavy (non-hydrogen) atoms. The molecule has 1 N–H and O–H groups in total. The molecule has 2 atom stereocenters. The van der Waals surface area contributed by atoms with Crippen molar-refractivity contribution in [1.29, 1.82) is 0 Å². The van der Waals surface area contributed by atoms with E-state index in [1.807, 2.05) is 19.3 Å². The molecule has 1 saturated heterocycles. The van der Waals surface area contributed by atoms with Crippen molar-refractivity contribution in [2.45, 2.75) is 38.4 Å². The first-order valence-corrected chi connectivity index (χ1v) is 6.17. The summed E-state index contributed by atoms with van der Waals surface area (Å²) in [5.41, 5.74) is 1.17. The molecule has 3 nitrogen and oxygen atoms in total. The van der Waals surface area contributed by atoms with Crippen LogP contribution in [0.3, 0.4) is 0 Å². The molecule has 4 heteroatoms. The number of halogens is 1. The second-order valence-corrected chi connectivity index (χ2v) is 4.47. The summed E-state index contributed by atoms with van der Waals surface area (Å²) in [6.07, 6.45) is 6.26. The van der Waals surface area contributed by atoms with Gasteiger partial charge in [0.15, 0.2) is 0 Å². The number of hydrogen-bond donors (Lipinski definition) is 1. The average Bonchev–Trinajstić information content (AvgIpc) is 2.39. The standard InChI is InChI=1S/C13H21N3.ClH/c1-11(12-7-3-5-9-15-12)16-10-6-4-8-13(16)14-2;/h3,5,7,9,11,13-14H,4,6,8,10H2,1-2H3;1H. The van der Waals surface area contributed by atoms with Crippen LogP contribution >= 0.6 is 12.4 Å². The summed E-state index contributed by atoms with van der Waals surface area (Å²) in [5.74, 6) is 0. The molecular weight excluding hydrogens is 234 g/mol. The van der Waals surface area contributed by atoms with Gasteiger partial charge < -0.3 is 5.32 Å². The van der Waals surface area contributed by atoms with E-state index in [4.69, 9.17) is 0 Å². The van der Waals surface area contributed by atoms with Gasteiger partial charge >= 0.3 is 0 Å². The lowest BCUT2D eigenvalue weighted by atomic mass is 10.0. The average molecular weight is 256 g/mol. The molecule has 0 spiro atoms. The maximum atomic E-state index is 4.45. The van der Waals surface area contributed by atoms with E-state index in [1.54, 1.807) is 0 Å². The second-order valence-electron chi connectivity index (χ2n) is 4.47. The van der Waals surface area contributed by atoms with E-state index in [1.165, 1.54) is 31.5 Å². The van der Waals surface area contributed by atoms with Gasteiger partial charge in [-0.2, -0.15) is 0 Å². The zero-order chi connectivity index (χ0) is 11.4. The number of likely N-dealkylation sites (tertiary alicyclic amines) is 1. The highest BCUT2D eigenvalue weighted by Gasteiger charge is 2.26. The molecule has 0 amide bonds. The summed E-state index contributed by atoms with van der Waals surface area (Å²) >= 11 is 0. The molecule has 1 aliphatic heterocycles. The van der Waals surface area contributed by atoms with Gasteiger partial charge in [-0.05, 0) is 45.4 Å². The van der Waals surface area contributed by atoms with Crippen molar-refractivity contribution >= 4 is 12.4 Å². The third-order valence-electron chi connectivity index (χ3n) is 3.49. The van der Waals surface area contributed by atoms with Crippen molar-refractivity contribution in [2.75, 3.05) is 13.6 Å². The monoisotopic (exact) mass is 255 g/mol. The fourth-order valence-electron chi connectivity index (χ4n) is 2.52. The molecule has 0 bridgehead atoms. The number of nitrogens with zero attached hydrogens (tertiary/aromatic N) is 2. The molecule has 96 valence electrons. The molecule has 1 aromatic heterocycles. The van der Waals surface area contributed by atoms with Gasteiger partial charge in [-0.3, -0.25) is 9.88 Å². The maximum absolute atomic E-state index is 4.45. The van der Waals surface area contributed by atoms with Crippen LogP contribution in [0.2, 0.25) is 0 Å². The van der Waals surface area contributed by atoms with Gasteiger partial charge in [0.05, 0.1) is 17.9 Å². The Kier molecular flexibility index (Phi) is 5.89. The molecular formula is C13H22ClN3. The Bertz CT molecular complexity index is 318. The zero-order valence-corrected chi connectivity index (χ0v) is 11.4. The van der Waals surface area contributed by atoms with Crippen LogP contribution in [0, 0.1) is 0 Å². The number of rotatable bonds is 3. The minimum atomic E-state index is 0. The summed E-state index contributed by atoms with van der Waals surface area (Å²) in [6.45, 7) is 3.42.